The van der Waals surface area contributed by atoms with Crippen LogP contribution in [0, 0.1) is 11.8 Å². The molecule has 2 nitrogen and oxygen atoms in total. The van der Waals surface area contributed by atoms with Gasteiger partial charge in [0.05, 0.1) is 0 Å². The van der Waals surface area contributed by atoms with E-state index in [9.17, 15) is 0 Å². The van der Waals surface area contributed by atoms with Gasteiger partial charge in [0, 0.05) is 30.6 Å². The van der Waals surface area contributed by atoms with Crippen molar-refractivity contribution in [1.29, 1.82) is 0 Å². The van der Waals surface area contributed by atoms with Gasteiger partial charge in [-0.15, -0.1) is 11.3 Å². The Morgan fingerprint density at radius 2 is 2.18 bits per heavy atom. The highest BCUT2D eigenvalue weighted by molar-refractivity contribution is 7.09. The van der Waals surface area contributed by atoms with Crippen LogP contribution in [0.15, 0.2) is 17.5 Å². The van der Waals surface area contributed by atoms with Gasteiger partial charge >= 0.3 is 0 Å². The summed E-state index contributed by atoms with van der Waals surface area (Å²) in [5.41, 5.74) is 6.20. The Labute approximate surface area is 108 Å². The Kier molecular flexibility index (Phi) is 3.50. The molecule has 0 bridgehead atoms. The first-order valence-electron chi connectivity index (χ1n) is 6.80. The molecule has 1 aliphatic carbocycles. The third-order valence-corrected chi connectivity index (χ3v) is 4.83. The summed E-state index contributed by atoms with van der Waals surface area (Å²) in [6, 6.07) is 4.81. The maximum atomic E-state index is 6.20. The zero-order chi connectivity index (χ0) is 11.7. The highest BCUT2D eigenvalue weighted by Crippen LogP contribution is 2.31. The molecule has 2 atom stereocenters. The quantitative estimate of drug-likeness (QED) is 0.889. The fourth-order valence-electron chi connectivity index (χ4n) is 3.02. The molecular formula is C14H22N2S. The third-order valence-electron chi connectivity index (χ3n) is 3.93. The van der Waals surface area contributed by atoms with Gasteiger partial charge in [0.15, 0.2) is 0 Å². The second-order valence-corrected chi connectivity index (χ2v) is 6.84. The molecular weight excluding hydrogens is 228 g/mol. The number of thiophene rings is 1. The van der Waals surface area contributed by atoms with Crippen molar-refractivity contribution in [3.63, 3.8) is 0 Å². The fraction of sp³-hybridized carbons (Fsp3) is 0.714. The Morgan fingerprint density at radius 3 is 2.88 bits per heavy atom. The molecule has 1 aromatic heterocycles. The van der Waals surface area contributed by atoms with Gasteiger partial charge in [0.2, 0.25) is 0 Å². The highest BCUT2D eigenvalue weighted by atomic mass is 32.1. The van der Waals surface area contributed by atoms with Gasteiger partial charge in [-0.3, -0.25) is 0 Å². The number of likely N-dealkylation sites (tertiary alicyclic amines) is 1. The van der Waals surface area contributed by atoms with Crippen molar-refractivity contribution in [3.8, 4) is 0 Å². The molecule has 2 heterocycles. The molecule has 3 heteroatoms. The second kappa shape index (κ2) is 5.09. The summed E-state index contributed by atoms with van der Waals surface area (Å²) in [7, 11) is 0. The Hall–Kier alpha value is -0.380. The SMILES string of the molecule is NC1CC(Cc2cccs2)CN(CC2CC2)C1. The van der Waals surface area contributed by atoms with Crippen LogP contribution in [0.25, 0.3) is 0 Å². The van der Waals surface area contributed by atoms with Crippen molar-refractivity contribution in [3.05, 3.63) is 22.4 Å². The molecule has 0 spiro atoms. The molecule has 2 fully saturated rings. The maximum absolute atomic E-state index is 6.20. The summed E-state index contributed by atoms with van der Waals surface area (Å²) in [6.45, 7) is 3.69. The van der Waals surface area contributed by atoms with E-state index in [2.05, 4.69) is 22.4 Å². The first-order chi connectivity index (χ1) is 8.29. The van der Waals surface area contributed by atoms with Gasteiger partial charge in [-0.2, -0.15) is 0 Å². The molecule has 0 aromatic carbocycles. The molecule has 0 amide bonds. The minimum atomic E-state index is 0.396. The molecule has 2 unspecified atom stereocenters. The van der Waals surface area contributed by atoms with Crippen molar-refractivity contribution >= 4 is 11.3 Å². The van der Waals surface area contributed by atoms with E-state index >= 15 is 0 Å². The number of nitrogens with two attached hydrogens (primary N) is 1. The summed E-state index contributed by atoms with van der Waals surface area (Å²) in [4.78, 5) is 4.14. The predicted molar refractivity (Wildman–Crippen MR) is 73.3 cm³/mol. The first kappa shape index (κ1) is 11.7. The van der Waals surface area contributed by atoms with E-state index in [0.717, 1.165) is 18.4 Å². The lowest BCUT2D eigenvalue weighted by Crippen LogP contribution is -2.48. The number of piperidine rings is 1. The summed E-state index contributed by atoms with van der Waals surface area (Å²) in [5.74, 6) is 1.76. The van der Waals surface area contributed by atoms with Crippen molar-refractivity contribution in [2.45, 2.75) is 31.7 Å². The standard InChI is InChI=1S/C14H22N2S/c15-13-6-12(7-14-2-1-5-17-14)9-16(10-13)8-11-3-4-11/h1-2,5,11-13H,3-4,6-10,15H2. The van der Waals surface area contributed by atoms with Gasteiger partial charge in [-0.05, 0) is 49.0 Å². The molecule has 2 N–H and O–H groups in total. The average molecular weight is 250 g/mol. The van der Waals surface area contributed by atoms with Crippen LogP contribution in [-0.4, -0.2) is 30.6 Å². The largest absolute Gasteiger partial charge is 0.327 e. The number of hydrogen-bond acceptors (Lipinski definition) is 3. The normalized spacial score (nSPS) is 30.6. The molecule has 3 rings (SSSR count). The van der Waals surface area contributed by atoms with Gasteiger partial charge in [-0.25, -0.2) is 0 Å². The summed E-state index contributed by atoms with van der Waals surface area (Å²) >= 11 is 1.89. The Morgan fingerprint density at radius 1 is 1.29 bits per heavy atom. The van der Waals surface area contributed by atoms with Crippen molar-refractivity contribution < 1.29 is 0 Å². The van der Waals surface area contributed by atoms with E-state index in [-0.39, 0.29) is 0 Å². The third kappa shape index (κ3) is 3.30. The van der Waals surface area contributed by atoms with Gasteiger partial charge in [-0.1, -0.05) is 6.07 Å². The van der Waals surface area contributed by atoms with Gasteiger partial charge < -0.3 is 10.6 Å². The minimum absolute atomic E-state index is 0.396. The molecule has 1 saturated carbocycles. The molecule has 94 valence electrons. The number of nitrogens with zero attached hydrogens (tertiary/aromatic N) is 1. The fourth-order valence-corrected chi connectivity index (χ4v) is 3.85. The topological polar surface area (TPSA) is 29.3 Å². The summed E-state index contributed by atoms with van der Waals surface area (Å²) in [5, 5.41) is 2.18. The molecule has 1 aliphatic heterocycles. The average Bonchev–Trinajstić information content (AvgIpc) is 2.92. The molecule has 1 aromatic rings. The molecule has 0 radical (unpaired) electrons. The monoisotopic (exact) mass is 250 g/mol. The Balaban J connectivity index is 1.56. The van der Waals surface area contributed by atoms with Crippen LogP contribution in [0.2, 0.25) is 0 Å². The minimum Gasteiger partial charge on any atom is -0.327 e. The van der Waals surface area contributed by atoms with Crippen LogP contribution in [0.1, 0.15) is 24.1 Å². The van der Waals surface area contributed by atoms with Crippen LogP contribution in [0.5, 0.6) is 0 Å². The molecule has 17 heavy (non-hydrogen) atoms. The van der Waals surface area contributed by atoms with E-state index in [1.165, 1.54) is 43.6 Å². The lowest BCUT2D eigenvalue weighted by Gasteiger charge is -2.36. The van der Waals surface area contributed by atoms with Crippen LogP contribution in [0.3, 0.4) is 0 Å². The van der Waals surface area contributed by atoms with Gasteiger partial charge in [0.1, 0.15) is 0 Å². The van der Waals surface area contributed by atoms with E-state index in [1.54, 1.807) is 0 Å². The van der Waals surface area contributed by atoms with Crippen LogP contribution in [0.4, 0.5) is 0 Å². The Bertz CT molecular complexity index is 343. The van der Waals surface area contributed by atoms with Crippen LogP contribution >= 0.6 is 11.3 Å². The zero-order valence-corrected chi connectivity index (χ0v) is 11.2. The zero-order valence-electron chi connectivity index (χ0n) is 10.3. The van der Waals surface area contributed by atoms with Crippen molar-refractivity contribution in [2.24, 2.45) is 17.6 Å². The van der Waals surface area contributed by atoms with E-state index in [4.69, 9.17) is 5.73 Å². The smallest absolute Gasteiger partial charge is 0.0171 e. The van der Waals surface area contributed by atoms with Crippen LogP contribution in [-0.2, 0) is 6.42 Å². The second-order valence-electron chi connectivity index (χ2n) is 5.81. The van der Waals surface area contributed by atoms with Gasteiger partial charge in [0.25, 0.3) is 0 Å². The number of hydrogen-bond donors (Lipinski definition) is 1. The van der Waals surface area contributed by atoms with Crippen molar-refractivity contribution in [2.75, 3.05) is 19.6 Å². The molecule has 2 aliphatic rings. The summed E-state index contributed by atoms with van der Waals surface area (Å²) in [6.07, 6.45) is 5.33. The predicted octanol–water partition coefficient (Wildman–Crippen LogP) is 2.35. The first-order valence-corrected chi connectivity index (χ1v) is 7.68. The summed E-state index contributed by atoms with van der Waals surface area (Å²) < 4.78 is 0. The van der Waals surface area contributed by atoms with E-state index in [1.807, 2.05) is 11.3 Å². The molecule has 1 saturated heterocycles. The van der Waals surface area contributed by atoms with E-state index in [0.29, 0.717) is 6.04 Å². The lowest BCUT2D eigenvalue weighted by atomic mass is 9.91. The van der Waals surface area contributed by atoms with Crippen LogP contribution < -0.4 is 5.73 Å². The number of rotatable bonds is 4. The van der Waals surface area contributed by atoms with Crippen molar-refractivity contribution in [1.82, 2.24) is 4.90 Å². The lowest BCUT2D eigenvalue weighted by molar-refractivity contribution is 0.151. The van der Waals surface area contributed by atoms with E-state index < -0.39 is 0 Å². The highest BCUT2D eigenvalue weighted by Gasteiger charge is 2.30. The maximum Gasteiger partial charge on any atom is 0.0171 e.